The SMILES string of the molecule is CC(O)O[C@@H]1[C@@H](O)[C@H]2O[C@H]3[C@H](O)[C@@H](O)[C@@H](O[C@H]4[C@H](O)[C@@H](O)[C@@H](O[C@H]5[C@H](O)[C@@H](O)[C@@H](O[C@H]6[C@H](O)[C@@H](O)[C@@H](O[C@H]7[C@H](O)[C@@H](O)[C@@H](O[C@H]1[C@@H](CO)O2)O[C@@H]7CO)O[C@@H]6CO)O[C@@H]5CO)O[C@@H]4CO)O[C@@H]3CO. The van der Waals surface area contributed by atoms with Gasteiger partial charge in [0.1, 0.15) is 146 Å². The van der Waals surface area contributed by atoms with Gasteiger partial charge >= 0.3 is 0 Å². The standard InChI is InChI=1S/C38H64O31/c1-8(45)57-32-25(56)38-63-14(7-44)31(32)69-37-24(55)19(50)29(12(5-42)62-37)67-35-22(53)17(48)27(10(3-40)60-35)65-33-20(51)15(46)26(9(2-39)58-33)64-34-21(52)16(47)28(11(4-41)59-34)66-36-23(54)18(49)30(68-38)13(6-43)61-36/h8-56H,2-7H2,1H3/t8?,9-,10-,11-,12-,13-,14-,15-,16-,17-,18-,19-,20-,21-,22-,23-,24-,25-,26-,27-,28-,29-,30-,31+,32-,33-,34-,35-,36-,37-,38-/m1/s1. The van der Waals surface area contributed by atoms with Crippen molar-refractivity contribution in [2.24, 2.45) is 0 Å². The Bertz CT molecular complexity index is 1580. The highest BCUT2D eigenvalue weighted by Gasteiger charge is 2.59. The molecule has 0 aromatic heterocycles. The quantitative estimate of drug-likeness (QED) is 0.100. The third kappa shape index (κ3) is 11.1. The van der Waals surface area contributed by atoms with Crippen LogP contribution in [0.5, 0.6) is 0 Å². The number of ether oxygens (including phenoxy) is 13. The van der Waals surface area contributed by atoms with Gasteiger partial charge < -0.3 is 153 Å². The van der Waals surface area contributed by atoms with E-state index in [-0.39, 0.29) is 0 Å². The van der Waals surface area contributed by atoms with Gasteiger partial charge in [-0.3, -0.25) is 0 Å². The zero-order valence-electron chi connectivity index (χ0n) is 36.5. The van der Waals surface area contributed by atoms with E-state index in [4.69, 9.17) is 61.6 Å². The van der Waals surface area contributed by atoms with Gasteiger partial charge in [-0.25, -0.2) is 0 Å². The van der Waals surface area contributed by atoms with Crippen molar-refractivity contribution >= 4 is 0 Å². The number of hydrogen-bond donors (Lipinski definition) is 18. The normalized spacial score (nSPS) is 54.0. The lowest BCUT2D eigenvalue weighted by molar-refractivity contribution is -0.406. The van der Waals surface area contributed by atoms with Gasteiger partial charge in [-0.1, -0.05) is 0 Å². The first kappa shape index (κ1) is 55.5. The molecule has 22 aliphatic rings. The summed E-state index contributed by atoms with van der Waals surface area (Å²) < 4.78 is 74.2. The van der Waals surface area contributed by atoms with E-state index >= 15 is 0 Å². The fourth-order valence-electron chi connectivity index (χ4n) is 9.30. The molecule has 31 atom stereocenters. The number of aliphatic hydroxyl groups excluding tert-OH is 18. The average Bonchev–Trinajstić information content (AvgIpc) is 3.33. The van der Waals surface area contributed by atoms with E-state index in [1.807, 2.05) is 0 Å². The third-order valence-corrected chi connectivity index (χ3v) is 13.0. The number of hydrogen-bond acceptors (Lipinski definition) is 31. The van der Waals surface area contributed by atoms with Crippen LogP contribution in [-0.4, -0.2) is 322 Å². The van der Waals surface area contributed by atoms with Gasteiger partial charge in [0, 0.05) is 0 Å². The Morgan fingerprint density at radius 3 is 0.681 bits per heavy atom. The Kier molecular flexibility index (Phi) is 18.9. The summed E-state index contributed by atoms with van der Waals surface area (Å²) in [7, 11) is 0. The molecule has 22 fully saturated rings. The van der Waals surface area contributed by atoms with Crippen molar-refractivity contribution in [2.45, 2.75) is 197 Å². The molecule has 0 spiro atoms. The monoisotopic (exact) mass is 1020 g/mol. The van der Waals surface area contributed by atoms with Crippen molar-refractivity contribution in [3.05, 3.63) is 0 Å². The molecule has 22 heterocycles. The minimum atomic E-state index is -2.16. The van der Waals surface area contributed by atoms with E-state index in [0.29, 0.717) is 0 Å². The molecule has 12 bridgehead atoms. The average molecular weight is 1020 g/mol. The molecule has 22 saturated heterocycles. The van der Waals surface area contributed by atoms with E-state index in [1.165, 1.54) is 0 Å². The lowest BCUT2D eigenvalue weighted by atomic mass is 9.94. The molecule has 31 nitrogen and oxygen atoms in total. The van der Waals surface area contributed by atoms with Gasteiger partial charge in [-0.05, 0) is 6.92 Å². The zero-order valence-corrected chi connectivity index (χ0v) is 36.5. The van der Waals surface area contributed by atoms with Crippen LogP contribution in [0.25, 0.3) is 0 Å². The lowest BCUT2D eigenvalue weighted by Crippen LogP contribution is -2.69. The number of rotatable bonds is 8. The van der Waals surface area contributed by atoms with Crippen LogP contribution in [0.3, 0.4) is 0 Å². The topological polar surface area (TPSA) is 484 Å². The molecule has 0 aliphatic carbocycles. The Hall–Kier alpha value is -1.24. The molecule has 18 N–H and O–H groups in total. The van der Waals surface area contributed by atoms with Crippen molar-refractivity contribution in [3.8, 4) is 0 Å². The van der Waals surface area contributed by atoms with Crippen LogP contribution in [0.4, 0.5) is 0 Å². The van der Waals surface area contributed by atoms with Gasteiger partial charge in [0.15, 0.2) is 44.0 Å². The van der Waals surface area contributed by atoms with Gasteiger partial charge in [0.05, 0.1) is 39.6 Å². The Morgan fingerprint density at radius 1 is 0.290 bits per heavy atom. The van der Waals surface area contributed by atoms with Crippen LogP contribution in [0.1, 0.15) is 6.92 Å². The maximum atomic E-state index is 11.6. The van der Waals surface area contributed by atoms with Gasteiger partial charge in [0.2, 0.25) is 0 Å². The van der Waals surface area contributed by atoms with Gasteiger partial charge in [-0.15, -0.1) is 0 Å². The summed E-state index contributed by atoms with van der Waals surface area (Å²) in [6, 6.07) is 0. The Morgan fingerprint density at radius 2 is 0.478 bits per heavy atom. The first-order chi connectivity index (χ1) is 32.8. The van der Waals surface area contributed by atoms with E-state index in [2.05, 4.69) is 0 Å². The van der Waals surface area contributed by atoms with Crippen molar-refractivity contribution in [1.82, 2.24) is 0 Å². The third-order valence-electron chi connectivity index (χ3n) is 13.0. The van der Waals surface area contributed by atoms with E-state index < -0.39 is 230 Å². The summed E-state index contributed by atoms with van der Waals surface area (Å²) in [4.78, 5) is 0. The highest BCUT2D eigenvalue weighted by atomic mass is 16.8. The zero-order chi connectivity index (χ0) is 50.3. The summed E-state index contributed by atoms with van der Waals surface area (Å²) in [5.74, 6) is 0. The molecule has 69 heavy (non-hydrogen) atoms. The smallest absolute Gasteiger partial charge is 0.187 e. The molecular formula is C38H64O31. The lowest BCUT2D eigenvalue weighted by Gasteiger charge is -2.51. The van der Waals surface area contributed by atoms with Crippen molar-refractivity contribution in [2.75, 3.05) is 39.6 Å². The predicted octanol–water partition coefficient (Wildman–Crippen LogP) is -12.7. The van der Waals surface area contributed by atoms with E-state index in [0.717, 1.165) is 6.92 Å². The minimum absolute atomic E-state index is 0.996. The van der Waals surface area contributed by atoms with Gasteiger partial charge in [0.25, 0.3) is 0 Å². The summed E-state index contributed by atoms with van der Waals surface area (Å²) in [5.41, 5.74) is 0. The van der Waals surface area contributed by atoms with Crippen molar-refractivity contribution in [3.63, 3.8) is 0 Å². The highest BCUT2D eigenvalue weighted by Crippen LogP contribution is 2.38. The Balaban J connectivity index is 1.21. The Labute approximate surface area is 390 Å². The molecule has 0 aromatic carbocycles. The maximum Gasteiger partial charge on any atom is 0.187 e. The van der Waals surface area contributed by atoms with Crippen LogP contribution in [-0.2, 0) is 61.6 Å². The van der Waals surface area contributed by atoms with Crippen LogP contribution >= 0.6 is 0 Å². The van der Waals surface area contributed by atoms with Crippen LogP contribution in [0, 0.1) is 0 Å². The second-order valence-electron chi connectivity index (χ2n) is 17.6. The first-order valence-corrected chi connectivity index (χ1v) is 22.2. The molecule has 402 valence electrons. The molecule has 0 radical (unpaired) electrons. The van der Waals surface area contributed by atoms with Crippen LogP contribution < -0.4 is 0 Å². The summed E-state index contributed by atoms with van der Waals surface area (Å²) in [6.45, 7) is -4.91. The molecule has 0 saturated carbocycles. The maximum absolute atomic E-state index is 11.6. The predicted molar refractivity (Wildman–Crippen MR) is 206 cm³/mol. The first-order valence-electron chi connectivity index (χ1n) is 22.2. The molecule has 0 amide bonds. The summed E-state index contributed by atoms with van der Waals surface area (Å²) >= 11 is 0. The van der Waals surface area contributed by atoms with Crippen molar-refractivity contribution in [1.29, 1.82) is 0 Å². The highest BCUT2D eigenvalue weighted by molar-refractivity contribution is 5.01. The van der Waals surface area contributed by atoms with Gasteiger partial charge in [-0.2, -0.15) is 0 Å². The second kappa shape index (κ2) is 23.5. The van der Waals surface area contributed by atoms with E-state index in [1.54, 1.807) is 0 Å². The van der Waals surface area contributed by atoms with Crippen molar-refractivity contribution < 1.29 is 153 Å². The van der Waals surface area contributed by atoms with Crippen LogP contribution in [0.2, 0.25) is 0 Å². The largest absolute Gasteiger partial charge is 0.394 e. The molecule has 22 aliphatic heterocycles. The fourth-order valence-corrected chi connectivity index (χ4v) is 9.30. The molecular weight excluding hydrogens is 952 g/mol. The van der Waals surface area contributed by atoms with Crippen LogP contribution in [0.15, 0.2) is 0 Å². The molecule has 22 rings (SSSR count). The summed E-state index contributed by atoms with van der Waals surface area (Å²) in [5, 5.41) is 197. The summed E-state index contributed by atoms with van der Waals surface area (Å²) in [6.07, 6.45) is -60.0. The molecule has 0 aromatic rings. The molecule has 1 unspecified atom stereocenters. The molecule has 31 heteroatoms. The number of aliphatic hydroxyl groups is 18. The second-order valence-corrected chi connectivity index (χ2v) is 17.6. The fraction of sp³-hybridized carbons (Fsp3) is 1.00. The van der Waals surface area contributed by atoms with E-state index in [9.17, 15) is 91.9 Å². The minimum Gasteiger partial charge on any atom is -0.394 e.